The summed E-state index contributed by atoms with van der Waals surface area (Å²) in [5.74, 6) is -1.23. The van der Waals surface area contributed by atoms with Crippen LogP contribution in [0.15, 0.2) is 36.4 Å². The second kappa shape index (κ2) is 6.15. The van der Waals surface area contributed by atoms with Gasteiger partial charge in [-0.2, -0.15) is 0 Å². The Labute approximate surface area is 111 Å². The van der Waals surface area contributed by atoms with Gasteiger partial charge in [0.1, 0.15) is 0 Å². The van der Waals surface area contributed by atoms with E-state index in [-0.39, 0.29) is 19.1 Å². The lowest BCUT2D eigenvalue weighted by atomic mass is 10.2. The molecule has 1 unspecified atom stereocenters. The molecule has 1 fully saturated rings. The van der Waals surface area contributed by atoms with Crippen LogP contribution in [0.3, 0.4) is 0 Å². The monoisotopic (exact) mass is 261 g/mol. The molecular formula is C14H15NO4. The summed E-state index contributed by atoms with van der Waals surface area (Å²) >= 11 is 0. The van der Waals surface area contributed by atoms with Crippen molar-refractivity contribution in [2.24, 2.45) is 0 Å². The predicted octanol–water partition coefficient (Wildman–Crippen LogP) is 1.01. The molecule has 1 atom stereocenters. The molecule has 5 heteroatoms. The Bertz CT molecular complexity index is 483. The molecule has 1 aromatic carbocycles. The van der Waals surface area contributed by atoms with Crippen molar-refractivity contribution >= 4 is 18.0 Å². The molecule has 0 radical (unpaired) electrons. The summed E-state index contributed by atoms with van der Waals surface area (Å²) in [6, 6.07) is 9.46. The van der Waals surface area contributed by atoms with Crippen LogP contribution in [-0.4, -0.2) is 47.7 Å². The highest BCUT2D eigenvalue weighted by atomic mass is 16.5. The zero-order valence-corrected chi connectivity index (χ0v) is 10.4. The lowest BCUT2D eigenvalue weighted by Gasteiger charge is -2.30. The summed E-state index contributed by atoms with van der Waals surface area (Å²) < 4.78 is 5.07. The van der Waals surface area contributed by atoms with Crippen LogP contribution in [0.25, 0.3) is 6.08 Å². The normalized spacial score (nSPS) is 19.6. The van der Waals surface area contributed by atoms with Gasteiger partial charge in [-0.1, -0.05) is 30.3 Å². The number of benzene rings is 1. The second-order valence-electron chi connectivity index (χ2n) is 4.23. The Kier molecular flexibility index (Phi) is 4.30. The van der Waals surface area contributed by atoms with Crippen LogP contribution in [0.5, 0.6) is 0 Å². The van der Waals surface area contributed by atoms with Crippen LogP contribution < -0.4 is 0 Å². The maximum atomic E-state index is 11.9. The lowest BCUT2D eigenvalue weighted by Crippen LogP contribution is -2.48. The molecule has 100 valence electrons. The van der Waals surface area contributed by atoms with Gasteiger partial charge in [0.15, 0.2) is 6.10 Å². The van der Waals surface area contributed by atoms with Gasteiger partial charge in [-0.3, -0.25) is 4.79 Å². The standard InChI is InChI=1S/C14H15NO4/c16-13(7-6-11-4-2-1-3-5-11)15-8-9-19-12(10-15)14(17)18/h1-7,12H,8-10H2,(H,17,18). The number of carboxylic acids is 1. The molecule has 0 aliphatic carbocycles. The Morgan fingerprint density at radius 1 is 1.32 bits per heavy atom. The molecule has 1 N–H and O–H groups in total. The minimum atomic E-state index is -1.04. The first-order valence-electron chi connectivity index (χ1n) is 6.03. The lowest BCUT2D eigenvalue weighted by molar-refractivity contribution is -0.158. The van der Waals surface area contributed by atoms with Crippen molar-refractivity contribution in [2.75, 3.05) is 19.7 Å². The molecule has 19 heavy (non-hydrogen) atoms. The van der Waals surface area contributed by atoms with E-state index in [0.29, 0.717) is 6.54 Å². The topological polar surface area (TPSA) is 66.8 Å². The molecule has 1 aliphatic rings. The van der Waals surface area contributed by atoms with Gasteiger partial charge >= 0.3 is 5.97 Å². The minimum absolute atomic E-state index is 0.0906. The van der Waals surface area contributed by atoms with Gasteiger partial charge < -0.3 is 14.7 Å². The molecule has 0 bridgehead atoms. The van der Waals surface area contributed by atoms with Gasteiger partial charge in [-0.05, 0) is 11.6 Å². The number of rotatable bonds is 3. The van der Waals surface area contributed by atoms with Crippen molar-refractivity contribution < 1.29 is 19.4 Å². The van der Waals surface area contributed by atoms with Crippen molar-refractivity contribution in [3.05, 3.63) is 42.0 Å². The van der Waals surface area contributed by atoms with E-state index in [9.17, 15) is 9.59 Å². The van der Waals surface area contributed by atoms with Crippen molar-refractivity contribution in [1.82, 2.24) is 4.90 Å². The molecule has 1 saturated heterocycles. The molecular weight excluding hydrogens is 246 g/mol. The average Bonchev–Trinajstić information content (AvgIpc) is 2.46. The number of morpholine rings is 1. The number of carboxylic acid groups (broad SMARTS) is 1. The third-order valence-corrected chi connectivity index (χ3v) is 2.87. The summed E-state index contributed by atoms with van der Waals surface area (Å²) in [5, 5.41) is 8.86. The Morgan fingerprint density at radius 3 is 2.74 bits per heavy atom. The quantitative estimate of drug-likeness (QED) is 0.825. The van der Waals surface area contributed by atoms with E-state index in [0.717, 1.165) is 5.56 Å². The van der Waals surface area contributed by atoms with Gasteiger partial charge in [-0.15, -0.1) is 0 Å². The third-order valence-electron chi connectivity index (χ3n) is 2.87. The van der Waals surface area contributed by atoms with Crippen LogP contribution in [0, 0.1) is 0 Å². The number of nitrogens with zero attached hydrogens (tertiary/aromatic N) is 1. The first kappa shape index (κ1) is 13.3. The summed E-state index contributed by atoms with van der Waals surface area (Å²) in [5.41, 5.74) is 0.930. The van der Waals surface area contributed by atoms with E-state index < -0.39 is 12.1 Å². The van der Waals surface area contributed by atoms with E-state index in [4.69, 9.17) is 9.84 Å². The summed E-state index contributed by atoms with van der Waals surface area (Å²) in [6.45, 7) is 0.761. The molecule has 0 spiro atoms. The van der Waals surface area contributed by atoms with Crippen LogP contribution in [0.2, 0.25) is 0 Å². The number of aliphatic carboxylic acids is 1. The molecule has 1 aliphatic heterocycles. The molecule has 2 rings (SSSR count). The van der Waals surface area contributed by atoms with Crippen molar-refractivity contribution in [3.8, 4) is 0 Å². The van der Waals surface area contributed by atoms with Gasteiger partial charge in [0.05, 0.1) is 13.2 Å². The maximum absolute atomic E-state index is 11.9. The zero-order chi connectivity index (χ0) is 13.7. The SMILES string of the molecule is O=C(O)C1CN(C(=O)C=Cc2ccccc2)CCO1. The average molecular weight is 261 g/mol. The Morgan fingerprint density at radius 2 is 2.05 bits per heavy atom. The van der Waals surface area contributed by atoms with Gasteiger partial charge in [0.2, 0.25) is 5.91 Å². The van der Waals surface area contributed by atoms with Crippen LogP contribution in [0.1, 0.15) is 5.56 Å². The number of hydrogen-bond donors (Lipinski definition) is 1. The number of hydrogen-bond acceptors (Lipinski definition) is 3. The van der Waals surface area contributed by atoms with Gasteiger partial charge in [-0.25, -0.2) is 4.79 Å². The summed E-state index contributed by atoms with van der Waals surface area (Å²) in [6.07, 6.45) is 2.25. The first-order valence-corrected chi connectivity index (χ1v) is 6.03. The Hall–Kier alpha value is -2.14. The van der Waals surface area contributed by atoms with Crippen molar-refractivity contribution in [1.29, 1.82) is 0 Å². The number of carbonyl (C=O) groups excluding carboxylic acids is 1. The fourth-order valence-electron chi connectivity index (χ4n) is 1.84. The maximum Gasteiger partial charge on any atom is 0.334 e. The zero-order valence-electron chi connectivity index (χ0n) is 10.4. The molecule has 5 nitrogen and oxygen atoms in total. The van der Waals surface area contributed by atoms with Crippen molar-refractivity contribution in [3.63, 3.8) is 0 Å². The van der Waals surface area contributed by atoms with E-state index in [1.807, 2.05) is 30.3 Å². The van der Waals surface area contributed by atoms with E-state index >= 15 is 0 Å². The fourth-order valence-corrected chi connectivity index (χ4v) is 1.84. The highest BCUT2D eigenvalue weighted by Gasteiger charge is 2.27. The summed E-state index contributed by atoms with van der Waals surface area (Å²) in [7, 11) is 0. The minimum Gasteiger partial charge on any atom is -0.479 e. The molecule has 1 aromatic rings. The highest BCUT2D eigenvalue weighted by Crippen LogP contribution is 2.07. The first-order chi connectivity index (χ1) is 9.16. The molecule has 1 heterocycles. The third kappa shape index (κ3) is 3.66. The number of carbonyl (C=O) groups is 2. The highest BCUT2D eigenvalue weighted by molar-refractivity contribution is 5.92. The van der Waals surface area contributed by atoms with Crippen LogP contribution in [-0.2, 0) is 14.3 Å². The molecule has 0 aromatic heterocycles. The predicted molar refractivity (Wildman–Crippen MR) is 69.4 cm³/mol. The van der Waals surface area contributed by atoms with E-state index in [1.165, 1.54) is 11.0 Å². The van der Waals surface area contributed by atoms with Crippen LogP contribution in [0.4, 0.5) is 0 Å². The van der Waals surface area contributed by atoms with Crippen LogP contribution >= 0.6 is 0 Å². The van der Waals surface area contributed by atoms with E-state index in [1.54, 1.807) is 6.08 Å². The van der Waals surface area contributed by atoms with Crippen molar-refractivity contribution in [2.45, 2.75) is 6.10 Å². The van der Waals surface area contributed by atoms with Gasteiger partial charge in [0, 0.05) is 12.6 Å². The molecule has 1 amide bonds. The van der Waals surface area contributed by atoms with Gasteiger partial charge in [0.25, 0.3) is 0 Å². The second-order valence-corrected chi connectivity index (χ2v) is 4.23. The van der Waals surface area contributed by atoms with E-state index in [2.05, 4.69) is 0 Å². The Balaban J connectivity index is 1.96. The number of ether oxygens (including phenoxy) is 1. The number of amides is 1. The smallest absolute Gasteiger partial charge is 0.334 e. The molecule has 0 saturated carbocycles. The summed E-state index contributed by atoms with van der Waals surface area (Å²) in [4.78, 5) is 24.2. The fraction of sp³-hybridized carbons (Fsp3) is 0.286. The largest absolute Gasteiger partial charge is 0.479 e.